The number of thiophene rings is 1. The number of rotatable bonds is 4. The molecule has 0 N–H and O–H groups in total. The second-order valence-electron chi connectivity index (χ2n) is 11.3. The van der Waals surface area contributed by atoms with Crippen LogP contribution in [0.5, 0.6) is 0 Å². The number of hydrogen-bond acceptors (Lipinski definition) is 3. The molecule has 0 saturated heterocycles. The van der Waals surface area contributed by atoms with Gasteiger partial charge < -0.3 is 4.98 Å². The Balaban J connectivity index is 0.000000217. The predicted molar refractivity (Wildman–Crippen MR) is 183 cm³/mol. The van der Waals surface area contributed by atoms with Gasteiger partial charge in [0.15, 0.2) is 0 Å². The molecule has 1 radical (unpaired) electrons. The quantitative estimate of drug-likeness (QED) is 0.130. The maximum atomic E-state index is 14.5. The maximum Gasteiger partial charge on any atom is 0 e. The molecular weight excluding hydrogens is 800 g/mol. The second kappa shape index (κ2) is 13.7. The molecule has 3 aromatic heterocycles. The molecule has 7 aromatic rings. The third-order valence-corrected chi connectivity index (χ3v) is 12.7. The minimum atomic E-state index is -2.28. The molecule has 0 aliphatic rings. The van der Waals surface area contributed by atoms with Gasteiger partial charge in [-0.2, -0.15) is 11.3 Å². The van der Waals surface area contributed by atoms with E-state index >= 15 is 0 Å². The van der Waals surface area contributed by atoms with Crippen LogP contribution in [0.3, 0.4) is 0 Å². The van der Waals surface area contributed by atoms with Crippen LogP contribution in [-0.2, 0) is 20.1 Å². The summed E-state index contributed by atoms with van der Waals surface area (Å²) in [5.41, 5.74) is 5.04. The zero-order valence-corrected chi connectivity index (χ0v) is 29.8. The van der Waals surface area contributed by atoms with E-state index in [1.54, 1.807) is 18.2 Å². The summed E-state index contributed by atoms with van der Waals surface area (Å²) < 4.78 is 41.4. The van der Waals surface area contributed by atoms with Crippen molar-refractivity contribution in [3.8, 4) is 33.6 Å². The van der Waals surface area contributed by atoms with Gasteiger partial charge in [0.05, 0.1) is 0 Å². The molecule has 0 atom stereocenters. The molecule has 44 heavy (non-hydrogen) atoms. The molecule has 0 saturated carbocycles. The van der Waals surface area contributed by atoms with Crippen molar-refractivity contribution < 1.29 is 28.6 Å². The first-order valence-electron chi connectivity index (χ1n) is 15.5. The standard InChI is InChI=1S/C24H15FNS.C14H16GeN.Ir/c1-15-14-26-21(13-19(15)16-7-3-2-4-8-16)17-9-5-10-18-23-20(25)11-6-12-22(23)27-24(17)18;1-15(2,3)13-9-10-14(16-11-13)12-7-5-4-6-8-12;/h2-8,10-14H,1H3;4-7,9-11H,1-3H3;/q2*-1;/i1D3;;. The summed E-state index contributed by atoms with van der Waals surface area (Å²) in [5.74, 6) is 6.88. The van der Waals surface area contributed by atoms with Crippen LogP contribution < -0.4 is 4.40 Å². The van der Waals surface area contributed by atoms with Gasteiger partial charge in [0.25, 0.3) is 0 Å². The summed E-state index contributed by atoms with van der Waals surface area (Å²) in [6.07, 6.45) is 3.46. The van der Waals surface area contributed by atoms with Gasteiger partial charge in [-0.1, -0.05) is 47.9 Å². The SMILES string of the molecule is [2H]C([2H])([2H])c1cnc(-c2[c-]ccc3c2sc2cccc(F)c23)cc1-c1ccccc1.[CH3][Ge]([CH3])([CH3])[c]1ccc(-c2[c-]cccc2)nc1.[Ir]. The van der Waals surface area contributed by atoms with Gasteiger partial charge in [-0.15, -0.1) is 23.8 Å². The summed E-state index contributed by atoms with van der Waals surface area (Å²) in [5, 5.41) is 1.40. The van der Waals surface area contributed by atoms with Crippen molar-refractivity contribution in [1.29, 1.82) is 0 Å². The molecule has 2 nitrogen and oxygen atoms in total. The third-order valence-electron chi connectivity index (χ3n) is 7.27. The van der Waals surface area contributed by atoms with Crippen LogP contribution in [0, 0.1) is 24.8 Å². The first-order valence-corrected chi connectivity index (χ1v) is 22.2. The summed E-state index contributed by atoms with van der Waals surface area (Å²) >= 11 is -0.230. The van der Waals surface area contributed by atoms with Crippen LogP contribution >= 0.6 is 11.3 Å². The summed E-state index contributed by atoms with van der Waals surface area (Å²) in [6, 6.07) is 38.6. The van der Waals surface area contributed by atoms with E-state index in [1.807, 2.05) is 72.9 Å². The maximum absolute atomic E-state index is 14.5. The van der Waals surface area contributed by atoms with Gasteiger partial charge >= 0.3 is 99.8 Å². The Hall–Kier alpha value is -3.48. The molecule has 7 rings (SSSR count). The molecule has 221 valence electrons. The number of halogens is 1. The Labute approximate surface area is 283 Å². The molecule has 3 heterocycles. The van der Waals surface area contributed by atoms with Crippen LogP contribution in [0.1, 0.15) is 9.68 Å². The van der Waals surface area contributed by atoms with Crippen molar-refractivity contribution in [2.24, 2.45) is 0 Å². The number of nitrogens with zero attached hydrogens (tertiary/aromatic N) is 2. The Kier molecular flexibility index (Phi) is 8.70. The first kappa shape index (κ1) is 28.0. The Morgan fingerprint density at radius 1 is 0.795 bits per heavy atom. The fourth-order valence-electron chi connectivity index (χ4n) is 4.94. The van der Waals surface area contributed by atoms with Crippen molar-refractivity contribution in [2.45, 2.75) is 24.1 Å². The van der Waals surface area contributed by atoms with Crippen molar-refractivity contribution in [3.63, 3.8) is 0 Å². The van der Waals surface area contributed by atoms with E-state index in [1.165, 1.54) is 28.0 Å². The van der Waals surface area contributed by atoms with Gasteiger partial charge in [-0.25, -0.2) is 4.39 Å². The van der Waals surface area contributed by atoms with Crippen molar-refractivity contribution in [2.75, 3.05) is 0 Å². The molecule has 0 aliphatic heterocycles. The zero-order valence-electron chi connectivity index (χ0n) is 27.5. The van der Waals surface area contributed by atoms with Crippen molar-refractivity contribution >= 4 is 49.2 Å². The Morgan fingerprint density at radius 2 is 1.59 bits per heavy atom. The third kappa shape index (κ3) is 6.77. The molecule has 0 bridgehead atoms. The fraction of sp³-hybridized carbons (Fsp3) is 0.105. The number of aromatic nitrogens is 2. The number of benzene rings is 4. The minimum absolute atomic E-state index is 0. The van der Waals surface area contributed by atoms with Gasteiger partial charge in [0.2, 0.25) is 0 Å². The molecule has 4 aromatic carbocycles. The van der Waals surface area contributed by atoms with Gasteiger partial charge in [0.1, 0.15) is 5.82 Å². The monoisotopic (exact) mass is 836 g/mol. The molecular formula is C38H31FGeIrN2S-2. The van der Waals surface area contributed by atoms with Crippen LogP contribution in [0.4, 0.5) is 4.39 Å². The average Bonchev–Trinajstić information content (AvgIpc) is 3.45. The van der Waals surface area contributed by atoms with Gasteiger partial charge in [0, 0.05) is 40.5 Å². The zero-order chi connectivity index (χ0) is 32.5. The van der Waals surface area contributed by atoms with E-state index in [0.717, 1.165) is 37.2 Å². The molecule has 0 amide bonds. The van der Waals surface area contributed by atoms with Crippen LogP contribution in [0.2, 0.25) is 17.3 Å². The summed E-state index contributed by atoms with van der Waals surface area (Å²) in [6.45, 7) is -2.28. The topological polar surface area (TPSA) is 25.8 Å². The van der Waals surface area contributed by atoms with Crippen LogP contribution in [0.25, 0.3) is 53.8 Å². The minimum Gasteiger partial charge on any atom is 0 e. The van der Waals surface area contributed by atoms with Crippen molar-refractivity contribution in [3.05, 3.63) is 139 Å². The number of hydrogen-bond donors (Lipinski definition) is 0. The normalized spacial score (nSPS) is 12.4. The van der Waals surface area contributed by atoms with Crippen molar-refractivity contribution in [1.82, 2.24) is 9.97 Å². The van der Waals surface area contributed by atoms with E-state index in [-0.39, 0.29) is 31.5 Å². The number of pyridine rings is 2. The molecule has 0 unspecified atom stereocenters. The molecule has 0 spiro atoms. The van der Waals surface area contributed by atoms with E-state index in [4.69, 9.17) is 4.11 Å². The largest absolute Gasteiger partial charge is 0 e. The van der Waals surface area contributed by atoms with E-state index in [2.05, 4.69) is 51.5 Å². The Morgan fingerprint density at radius 3 is 2.30 bits per heavy atom. The van der Waals surface area contributed by atoms with Crippen LogP contribution in [-0.4, -0.2) is 23.2 Å². The summed E-state index contributed by atoms with van der Waals surface area (Å²) in [4.78, 5) is 9.00. The van der Waals surface area contributed by atoms with E-state index in [0.29, 0.717) is 16.6 Å². The van der Waals surface area contributed by atoms with E-state index < -0.39 is 20.1 Å². The molecule has 6 heteroatoms. The number of fused-ring (bicyclic) bond motifs is 3. The smallest absolute Gasteiger partial charge is 0 e. The molecule has 0 fully saturated rings. The fourth-order valence-corrected chi connectivity index (χ4v) is 8.33. The van der Waals surface area contributed by atoms with E-state index in [9.17, 15) is 4.39 Å². The van der Waals surface area contributed by atoms with Gasteiger partial charge in [-0.3, -0.25) is 0 Å². The first-order chi connectivity index (χ1) is 22.0. The summed E-state index contributed by atoms with van der Waals surface area (Å²) in [7, 11) is 0. The average molecular weight is 835 g/mol. The number of aryl methyl sites for hydroxylation is 1. The second-order valence-corrected chi connectivity index (χ2v) is 23.0. The molecule has 0 aliphatic carbocycles. The van der Waals surface area contributed by atoms with Crippen LogP contribution in [0.15, 0.2) is 116 Å². The van der Waals surface area contributed by atoms with Gasteiger partial charge in [-0.05, 0) is 46.1 Å². The Bertz CT molecular complexity index is 2130. The predicted octanol–water partition coefficient (Wildman–Crippen LogP) is 10.1.